The Bertz CT molecular complexity index is 1060. The predicted octanol–water partition coefficient (Wildman–Crippen LogP) is 3.33. The highest BCUT2D eigenvalue weighted by Crippen LogP contribution is 2.30. The fourth-order valence-corrected chi connectivity index (χ4v) is 2.73. The third-order valence-electron chi connectivity index (χ3n) is 3.91. The van der Waals surface area contributed by atoms with E-state index >= 15 is 0 Å². The molecule has 0 bridgehead atoms. The van der Waals surface area contributed by atoms with Gasteiger partial charge in [-0.05, 0) is 41.6 Å². The van der Waals surface area contributed by atoms with Crippen LogP contribution in [0.15, 0.2) is 54.7 Å². The van der Waals surface area contributed by atoms with Crippen molar-refractivity contribution in [1.82, 2.24) is 30.2 Å². The number of aromatic nitrogens is 6. The molecule has 0 saturated carbocycles. The van der Waals surface area contributed by atoms with Crippen LogP contribution in [0.25, 0.3) is 28.3 Å². The molecule has 2 heterocycles. The molecular weight excluding hydrogens is 350 g/mol. The summed E-state index contributed by atoms with van der Waals surface area (Å²) >= 11 is 5.99. The minimum atomic E-state index is 0.174. The molecule has 128 valence electrons. The van der Waals surface area contributed by atoms with Crippen LogP contribution in [0.1, 0.15) is 5.56 Å². The normalized spacial score (nSPS) is 10.8. The van der Waals surface area contributed by atoms with Gasteiger partial charge < -0.3 is 5.73 Å². The van der Waals surface area contributed by atoms with Gasteiger partial charge in [0.05, 0.1) is 16.9 Å². The number of aryl methyl sites for hydroxylation is 1. The van der Waals surface area contributed by atoms with Crippen molar-refractivity contribution < 1.29 is 0 Å². The van der Waals surface area contributed by atoms with Crippen LogP contribution in [0, 0.1) is 6.92 Å². The third-order valence-corrected chi connectivity index (χ3v) is 4.17. The van der Waals surface area contributed by atoms with Crippen molar-refractivity contribution in [2.24, 2.45) is 0 Å². The molecule has 0 amide bonds. The molecule has 4 rings (SSSR count). The fraction of sp³-hybridized carbons (Fsp3) is 0.0556. The van der Waals surface area contributed by atoms with E-state index < -0.39 is 0 Å². The predicted molar refractivity (Wildman–Crippen MR) is 99.8 cm³/mol. The second-order valence-corrected chi connectivity index (χ2v) is 6.18. The van der Waals surface area contributed by atoms with E-state index in [2.05, 4.69) is 25.5 Å². The molecule has 0 unspecified atom stereocenters. The highest BCUT2D eigenvalue weighted by Gasteiger charge is 2.18. The van der Waals surface area contributed by atoms with E-state index in [9.17, 15) is 0 Å². The van der Waals surface area contributed by atoms with E-state index in [1.165, 1.54) is 0 Å². The first-order valence-corrected chi connectivity index (χ1v) is 8.24. The van der Waals surface area contributed by atoms with Gasteiger partial charge in [-0.25, -0.2) is 9.97 Å². The maximum Gasteiger partial charge on any atom is 0.220 e. The van der Waals surface area contributed by atoms with Gasteiger partial charge in [-0.15, -0.1) is 5.10 Å². The van der Waals surface area contributed by atoms with E-state index in [4.69, 9.17) is 17.3 Å². The summed E-state index contributed by atoms with van der Waals surface area (Å²) in [5.41, 5.74) is 9.96. The Hall–Kier alpha value is -3.32. The number of tetrazole rings is 1. The number of rotatable bonds is 3. The number of hydrogen-bond acceptors (Lipinski definition) is 6. The number of halogens is 1. The molecule has 2 aromatic heterocycles. The molecule has 0 aliphatic rings. The summed E-state index contributed by atoms with van der Waals surface area (Å²) in [5.74, 6) is 0.701. The van der Waals surface area contributed by atoms with E-state index in [0.717, 1.165) is 16.8 Å². The second-order valence-electron chi connectivity index (χ2n) is 5.75. The minimum Gasteiger partial charge on any atom is -0.368 e. The van der Waals surface area contributed by atoms with Crippen molar-refractivity contribution >= 4 is 17.5 Å². The van der Waals surface area contributed by atoms with Crippen LogP contribution in [0.3, 0.4) is 0 Å². The van der Waals surface area contributed by atoms with Crippen molar-refractivity contribution in [3.8, 4) is 28.3 Å². The molecule has 0 aliphatic carbocycles. The molecule has 7 nitrogen and oxygen atoms in total. The van der Waals surface area contributed by atoms with Crippen LogP contribution in [-0.4, -0.2) is 30.2 Å². The molecule has 0 spiro atoms. The van der Waals surface area contributed by atoms with Crippen molar-refractivity contribution in [2.45, 2.75) is 6.92 Å². The number of nitrogens with zero attached hydrogens (tertiary/aromatic N) is 6. The molecule has 0 aliphatic heterocycles. The number of anilines is 1. The Morgan fingerprint density at radius 3 is 2.46 bits per heavy atom. The Kier molecular flexibility index (Phi) is 4.06. The van der Waals surface area contributed by atoms with Crippen LogP contribution in [0.2, 0.25) is 5.02 Å². The molecule has 0 fully saturated rings. The summed E-state index contributed by atoms with van der Waals surface area (Å²) in [6.45, 7) is 2.02. The summed E-state index contributed by atoms with van der Waals surface area (Å²) in [6.07, 6.45) is 1.63. The van der Waals surface area contributed by atoms with Crippen LogP contribution in [0.5, 0.6) is 0 Å². The molecule has 2 N–H and O–H groups in total. The zero-order chi connectivity index (χ0) is 18.1. The summed E-state index contributed by atoms with van der Waals surface area (Å²) in [5, 5.41) is 12.7. The Morgan fingerprint density at radius 2 is 1.73 bits per heavy atom. The van der Waals surface area contributed by atoms with Gasteiger partial charge in [0.15, 0.2) is 5.82 Å². The number of nitrogens with two attached hydrogens (primary N) is 1. The van der Waals surface area contributed by atoms with Gasteiger partial charge in [0.25, 0.3) is 0 Å². The highest BCUT2D eigenvalue weighted by molar-refractivity contribution is 6.30. The standard InChI is InChI=1S/C18H14ClN7/c1-11-2-8-14(9-3-11)26-17(23-24-25-26)15-10-21-18(20)22-16(15)12-4-6-13(19)7-5-12/h2-10H,1H3,(H2,20,21,22). The molecular formula is C18H14ClN7. The highest BCUT2D eigenvalue weighted by atomic mass is 35.5. The molecule has 8 heteroatoms. The van der Waals surface area contributed by atoms with Gasteiger partial charge in [0.1, 0.15) is 0 Å². The monoisotopic (exact) mass is 363 g/mol. The molecule has 0 atom stereocenters. The summed E-state index contributed by atoms with van der Waals surface area (Å²) in [7, 11) is 0. The maximum absolute atomic E-state index is 5.99. The van der Waals surface area contributed by atoms with Gasteiger partial charge >= 0.3 is 0 Å². The van der Waals surface area contributed by atoms with Gasteiger partial charge in [-0.2, -0.15) is 4.68 Å². The topological polar surface area (TPSA) is 95.4 Å². The SMILES string of the molecule is Cc1ccc(-n2nnnc2-c2cnc(N)nc2-c2ccc(Cl)cc2)cc1. The first-order chi connectivity index (χ1) is 12.6. The first kappa shape index (κ1) is 16.2. The van der Waals surface area contributed by atoms with Crippen LogP contribution < -0.4 is 5.73 Å². The van der Waals surface area contributed by atoms with Gasteiger partial charge in [-0.1, -0.05) is 41.4 Å². The largest absolute Gasteiger partial charge is 0.368 e. The Labute approximate surface area is 154 Å². The van der Waals surface area contributed by atoms with Crippen LogP contribution in [0.4, 0.5) is 5.95 Å². The van der Waals surface area contributed by atoms with E-state index in [1.54, 1.807) is 23.0 Å². The summed E-state index contributed by atoms with van der Waals surface area (Å²) in [6, 6.07) is 15.2. The zero-order valence-corrected chi connectivity index (χ0v) is 14.6. The van der Waals surface area contributed by atoms with E-state index in [1.807, 2.05) is 43.3 Å². The lowest BCUT2D eigenvalue weighted by atomic mass is 10.1. The second kappa shape index (κ2) is 6.53. The van der Waals surface area contributed by atoms with Gasteiger partial charge in [-0.3, -0.25) is 0 Å². The minimum absolute atomic E-state index is 0.174. The third kappa shape index (κ3) is 3.00. The molecule has 26 heavy (non-hydrogen) atoms. The van der Waals surface area contributed by atoms with Crippen molar-refractivity contribution in [2.75, 3.05) is 5.73 Å². The lowest BCUT2D eigenvalue weighted by Gasteiger charge is -2.10. The van der Waals surface area contributed by atoms with Gasteiger partial charge in [0, 0.05) is 16.8 Å². The van der Waals surface area contributed by atoms with Crippen molar-refractivity contribution in [3.05, 3.63) is 65.3 Å². The number of nitrogen functional groups attached to an aromatic ring is 1. The smallest absolute Gasteiger partial charge is 0.220 e. The van der Waals surface area contributed by atoms with Crippen molar-refractivity contribution in [1.29, 1.82) is 0 Å². The number of benzene rings is 2. The number of hydrogen-bond donors (Lipinski definition) is 1. The fourth-order valence-electron chi connectivity index (χ4n) is 2.60. The lowest BCUT2D eigenvalue weighted by Crippen LogP contribution is -2.04. The van der Waals surface area contributed by atoms with E-state index in [0.29, 0.717) is 22.1 Å². The summed E-state index contributed by atoms with van der Waals surface area (Å²) in [4.78, 5) is 8.51. The zero-order valence-electron chi connectivity index (χ0n) is 13.8. The van der Waals surface area contributed by atoms with E-state index in [-0.39, 0.29) is 5.95 Å². The van der Waals surface area contributed by atoms with Gasteiger partial charge in [0.2, 0.25) is 5.95 Å². The lowest BCUT2D eigenvalue weighted by molar-refractivity contribution is 0.791. The maximum atomic E-state index is 5.99. The molecule has 2 aromatic carbocycles. The first-order valence-electron chi connectivity index (χ1n) is 7.86. The van der Waals surface area contributed by atoms with Crippen LogP contribution in [-0.2, 0) is 0 Å². The quantitative estimate of drug-likeness (QED) is 0.599. The average Bonchev–Trinajstić information content (AvgIpc) is 3.12. The molecule has 4 aromatic rings. The molecule has 0 saturated heterocycles. The summed E-state index contributed by atoms with van der Waals surface area (Å²) < 4.78 is 1.65. The molecule has 0 radical (unpaired) electrons. The Morgan fingerprint density at radius 1 is 1.00 bits per heavy atom. The Balaban J connectivity index is 1.89. The average molecular weight is 364 g/mol. The van der Waals surface area contributed by atoms with Crippen LogP contribution >= 0.6 is 11.6 Å². The van der Waals surface area contributed by atoms with Crippen molar-refractivity contribution in [3.63, 3.8) is 0 Å².